The molecule has 0 radical (unpaired) electrons. The van der Waals surface area contributed by atoms with Gasteiger partial charge in [-0.3, -0.25) is 0 Å². The van der Waals surface area contributed by atoms with Crippen LogP contribution in [-0.4, -0.2) is 16.2 Å². The summed E-state index contributed by atoms with van der Waals surface area (Å²) in [5.41, 5.74) is 3.43. The Hall–Kier alpha value is -1.84. The molecule has 112 valence electrons. The molecular weight excluding hydrogens is 262 g/mol. The minimum Gasteiger partial charge on any atom is -0.423 e. The predicted octanol–water partition coefficient (Wildman–Crippen LogP) is 4.57. The van der Waals surface area contributed by atoms with Crippen molar-refractivity contribution < 1.29 is 4.42 Å². The highest BCUT2D eigenvalue weighted by Crippen LogP contribution is 2.27. The number of aromatic nitrogens is 2. The summed E-state index contributed by atoms with van der Waals surface area (Å²) in [6.45, 7) is 2.14. The second kappa shape index (κ2) is 6.74. The second-order valence-electron chi connectivity index (χ2n) is 5.96. The lowest BCUT2D eigenvalue weighted by Crippen LogP contribution is -2.21. The van der Waals surface area contributed by atoms with Crippen molar-refractivity contribution in [3.63, 3.8) is 0 Å². The molecular formula is C17H23N3O. The summed E-state index contributed by atoms with van der Waals surface area (Å²) in [7, 11) is 0. The van der Waals surface area contributed by atoms with E-state index in [4.69, 9.17) is 4.42 Å². The summed E-state index contributed by atoms with van der Waals surface area (Å²) in [6, 6.07) is 6.86. The molecule has 3 rings (SSSR count). The summed E-state index contributed by atoms with van der Waals surface area (Å²) in [5.74, 6) is 0.579. The fraction of sp³-hybridized carbons (Fsp3) is 0.529. The first-order valence-electron chi connectivity index (χ1n) is 7.96. The molecule has 0 spiro atoms. The lowest BCUT2D eigenvalue weighted by atomic mass is 9.96. The Balaban J connectivity index is 1.75. The Morgan fingerprint density at radius 1 is 1.10 bits per heavy atom. The molecule has 21 heavy (non-hydrogen) atoms. The molecule has 1 fully saturated rings. The van der Waals surface area contributed by atoms with Crippen LogP contribution in [0.2, 0.25) is 0 Å². The number of nitrogens with one attached hydrogen (secondary N) is 1. The van der Waals surface area contributed by atoms with Crippen LogP contribution in [0.1, 0.15) is 50.5 Å². The van der Waals surface area contributed by atoms with Crippen LogP contribution < -0.4 is 5.32 Å². The molecule has 1 N–H and O–H groups in total. The van der Waals surface area contributed by atoms with Crippen molar-refractivity contribution >= 4 is 5.69 Å². The molecule has 0 amide bonds. The molecule has 4 nitrogen and oxygen atoms in total. The molecule has 1 saturated carbocycles. The molecule has 4 heteroatoms. The molecule has 0 aliphatic heterocycles. The molecule has 1 aromatic carbocycles. The van der Waals surface area contributed by atoms with Crippen LogP contribution in [0.15, 0.2) is 29.0 Å². The minimum atomic E-state index is 0.579. The highest BCUT2D eigenvalue weighted by Gasteiger charge is 2.13. The van der Waals surface area contributed by atoms with E-state index in [1.54, 1.807) is 0 Å². The third kappa shape index (κ3) is 3.63. The van der Waals surface area contributed by atoms with Crippen molar-refractivity contribution in [3.05, 3.63) is 30.2 Å². The standard InChI is InChI=1S/C17H23N3O/c1-13-9-10-14(17-20-18-12-21-17)11-16(13)19-15-7-5-3-2-4-6-8-15/h9-12,15,19H,2-8H2,1H3. The Bertz CT molecular complexity index is 557. The van der Waals surface area contributed by atoms with E-state index in [0.29, 0.717) is 11.9 Å². The van der Waals surface area contributed by atoms with E-state index in [0.717, 1.165) is 5.56 Å². The number of benzene rings is 1. The summed E-state index contributed by atoms with van der Waals surface area (Å²) in [5, 5.41) is 11.5. The van der Waals surface area contributed by atoms with Crippen LogP contribution in [0.3, 0.4) is 0 Å². The van der Waals surface area contributed by atoms with E-state index in [2.05, 4.69) is 34.6 Å². The number of aryl methyl sites for hydroxylation is 1. The smallest absolute Gasteiger partial charge is 0.247 e. The van der Waals surface area contributed by atoms with Crippen molar-refractivity contribution in [1.29, 1.82) is 0 Å². The third-order valence-electron chi connectivity index (χ3n) is 4.31. The maximum absolute atomic E-state index is 5.29. The molecule has 0 bridgehead atoms. The van der Waals surface area contributed by atoms with Gasteiger partial charge in [0.2, 0.25) is 12.3 Å². The van der Waals surface area contributed by atoms with Gasteiger partial charge in [-0.05, 0) is 37.5 Å². The van der Waals surface area contributed by atoms with E-state index in [9.17, 15) is 0 Å². The van der Waals surface area contributed by atoms with E-state index >= 15 is 0 Å². The predicted molar refractivity (Wildman–Crippen MR) is 84.2 cm³/mol. The average Bonchev–Trinajstić information content (AvgIpc) is 2.98. The van der Waals surface area contributed by atoms with Crippen molar-refractivity contribution in [2.24, 2.45) is 0 Å². The SMILES string of the molecule is Cc1ccc(-c2nnco2)cc1NC1CCCCCCC1. The monoisotopic (exact) mass is 285 g/mol. The van der Waals surface area contributed by atoms with Gasteiger partial charge in [-0.15, -0.1) is 10.2 Å². The number of anilines is 1. The third-order valence-corrected chi connectivity index (χ3v) is 4.31. The molecule has 0 saturated heterocycles. The zero-order chi connectivity index (χ0) is 14.5. The fourth-order valence-corrected chi connectivity index (χ4v) is 3.03. The van der Waals surface area contributed by atoms with Crippen molar-refractivity contribution in [3.8, 4) is 11.5 Å². The van der Waals surface area contributed by atoms with E-state index < -0.39 is 0 Å². The van der Waals surface area contributed by atoms with Gasteiger partial charge in [0.25, 0.3) is 0 Å². The molecule has 1 heterocycles. The second-order valence-corrected chi connectivity index (χ2v) is 5.96. The first kappa shape index (κ1) is 14.1. The first-order chi connectivity index (χ1) is 10.3. The van der Waals surface area contributed by atoms with Gasteiger partial charge in [0, 0.05) is 17.3 Å². The largest absolute Gasteiger partial charge is 0.423 e. The molecule has 2 aromatic rings. The number of hydrogen-bond donors (Lipinski definition) is 1. The fourth-order valence-electron chi connectivity index (χ4n) is 3.03. The van der Waals surface area contributed by atoms with Crippen LogP contribution in [0.25, 0.3) is 11.5 Å². The Morgan fingerprint density at radius 2 is 1.86 bits per heavy atom. The van der Waals surface area contributed by atoms with Gasteiger partial charge in [0.1, 0.15) is 0 Å². The maximum atomic E-state index is 5.29. The number of rotatable bonds is 3. The van der Waals surface area contributed by atoms with Crippen LogP contribution in [0.5, 0.6) is 0 Å². The quantitative estimate of drug-likeness (QED) is 0.897. The zero-order valence-corrected chi connectivity index (χ0v) is 12.6. The lowest BCUT2D eigenvalue weighted by molar-refractivity contribution is 0.471. The van der Waals surface area contributed by atoms with Crippen molar-refractivity contribution in [2.75, 3.05) is 5.32 Å². The molecule has 1 aliphatic rings. The average molecular weight is 285 g/mol. The van der Waals surface area contributed by atoms with E-state index in [1.165, 1.54) is 62.6 Å². The summed E-state index contributed by atoms with van der Waals surface area (Å²) in [4.78, 5) is 0. The summed E-state index contributed by atoms with van der Waals surface area (Å²) < 4.78 is 5.29. The van der Waals surface area contributed by atoms with Gasteiger partial charge in [0.15, 0.2) is 0 Å². The normalized spacial score (nSPS) is 17.2. The first-order valence-corrected chi connectivity index (χ1v) is 7.96. The van der Waals surface area contributed by atoms with Crippen LogP contribution in [-0.2, 0) is 0 Å². The highest BCUT2D eigenvalue weighted by molar-refractivity contribution is 5.64. The van der Waals surface area contributed by atoms with Gasteiger partial charge >= 0.3 is 0 Å². The number of nitrogens with zero attached hydrogens (tertiary/aromatic N) is 2. The molecule has 0 atom stereocenters. The minimum absolute atomic E-state index is 0.579. The van der Waals surface area contributed by atoms with Crippen molar-refractivity contribution in [2.45, 2.75) is 57.9 Å². The van der Waals surface area contributed by atoms with Crippen LogP contribution in [0.4, 0.5) is 5.69 Å². The highest BCUT2D eigenvalue weighted by atomic mass is 16.4. The van der Waals surface area contributed by atoms with Crippen LogP contribution >= 0.6 is 0 Å². The zero-order valence-electron chi connectivity index (χ0n) is 12.6. The lowest BCUT2D eigenvalue weighted by Gasteiger charge is -2.23. The van der Waals surface area contributed by atoms with Gasteiger partial charge in [-0.1, -0.05) is 38.2 Å². The Labute approximate surface area is 126 Å². The maximum Gasteiger partial charge on any atom is 0.247 e. The Morgan fingerprint density at radius 3 is 2.57 bits per heavy atom. The van der Waals surface area contributed by atoms with Crippen LogP contribution in [0, 0.1) is 6.92 Å². The summed E-state index contributed by atoms with van der Waals surface area (Å²) in [6.07, 6.45) is 10.7. The molecule has 1 aliphatic carbocycles. The summed E-state index contributed by atoms with van der Waals surface area (Å²) >= 11 is 0. The molecule has 1 aromatic heterocycles. The Kier molecular flexibility index (Phi) is 4.53. The van der Waals surface area contributed by atoms with E-state index in [-0.39, 0.29) is 0 Å². The number of hydrogen-bond acceptors (Lipinski definition) is 4. The van der Waals surface area contributed by atoms with Gasteiger partial charge < -0.3 is 9.73 Å². The van der Waals surface area contributed by atoms with Crippen molar-refractivity contribution in [1.82, 2.24) is 10.2 Å². The van der Waals surface area contributed by atoms with Gasteiger partial charge in [0.05, 0.1) is 0 Å². The topological polar surface area (TPSA) is 51.0 Å². The molecule has 0 unspecified atom stereocenters. The van der Waals surface area contributed by atoms with E-state index in [1.807, 2.05) is 6.07 Å². The van der Waals surface area contributed by atoms with Gasteiger partial charge in [-0.2, -0.15) is 0 Å². The van der Waals surface area contributed by atoms with Gasteiger partial charge in [-0.25, -0.2) is 0 Å².